The highest BCUT2D eigenvalue weighted by molar-refractivity contribution is 5.72. The van der Waals surface area contributed by atoms with E-state index in [0.29, 0.717) is 5.69 Å². The van der Waals surface area contributed by atoms with Crippen molar-refractivity contribution in [2.75, 3.05) is 0 Å². The normalized spacial score (nSPS) is 10.0. The molecule has 0 fully saturated rings. The molecule has 0 bridgehead atoms. The van der Waals surface area contributed by atoms with E-state index < -0.39 is 0 Å². The second kappa shape index (κ2) is 3.29. The summed E-state index contributed by atoms with van der Waals surface area (Å²) in [6.07, 6.45) is 1.44. The number of hydrogen-bond acceptors (Lipinski definition) is 5. The third-order valence-electron chi connectivity index (χ3n) is 1.78. The van der Waals surface area contributed by atoms with Crippen LogP contribution in [-0.2, 0) is 0 Å². The van der Waals surface area contributed by atoms with Crippen LogP contribution < -0.4 is 0 Å². The Bertz CT molecular complexity index is 425. The van der Waals surface area contributed by atoms with Crippen LogP contribution in [0.1, 0.15) is 0 Å². The maximum atomic E-state index is 9.50. The minimum absolute atomic E-state index is 0.0366. The van der Waals surface area contributed by atoms with Crippen LogP contribution in [0.2, 0.25) is 0 Å². The van der Waals surface area contributed by atoms with E-state index in [1.807, 2.05) is 0 Å². The number of phenols is 2. The number of nitrogens with zero attached hydrogens (tertiary/aromatic N) is 3. The molecule has 0 spiro atoms. The van der Waals surface area contributed by atoms with Gasteiger partial charge in [0.2, 0.25) is 0 Å². The molecule has 0 aliphatic rings. The topological polar surface area (TPSA) is 79.1 Å². The second-order valence-corrected chi connectivity index (χ2v) is 2.68. The summed E-state index contributed by atoms with van der Waals surface area (Å²) in [5.41, 5.74) is 0.651. The van der Waals surface area contributed by atoms with Crippen molar-refractivity contribution < 1.29 is 10.2 Å². The van der Waals surface area contributed by atoms with Crippen LogP contribution >= 0.6 is 0 Å². The van der Waals surface area contributed by atoms with Crippen molar-refractivity contribution in [2.45, 2.75) is 0 Å². The van der Waals surface area contributed by atoms with Crippen LogP contribution in [0.4, 0.5) is 0 Å². The van der Waals surface area contributed by atoms with Gasteiger partial charge in [0.1, 0.15) is 17.2 Å². The van der Waals surface area contributed by atoms with Crippen molar-refractivity contribution in [1.82, 2.24) is 15.4 Å². The van der Waals surface area contributed by atoms with Gasteiger partial charge >= 0.3 is 0 Å². The van der Waals surface area contributed by atoms with E-state index in [9.17, 15) is 10.2 Å². The Labute approximate surface area is 79.7 Å². The number of phenolic OH excluding ortho intramolecular Hbond substituents is 2. The summed E-state index contributed by atoms with van der Waals surface area (Å²) in [4.78, 5) is 0. The molecule has 0 unspecified atom stereocenters. The smallest absolute Gasteiger partial charge is 0.128 e. The molecule has 1 heterocycles. The molecule has 2 aromatic rings. The fraction of sp³-hybridized carbons (Fsp3) is 0. The lowest BCUT2D eigenvalue weighted by molar-refractivity contribution is 0.453. The van der Waals surface area contributed by atoms with E-state index in [1.54, 1.807) is 12.1 Å². The molecule has 70 valence electrons. The zero-order chi connectivity index (χ0) is 9.97. The van der Waals surface area contributed by atoms with Gasteiger partial charge in [0.15, 0.2) is 0 Å². The Kier molecular flexibility index (Phi) is 1.98. The fourth-order valence-corrected chi connectivity index (χ4v) is 1.17. The number of benzene rings is 1. The first-order valence-corrected chi connectivity index (χ1v) is 3.95. The Hall–Kier alpha value is -2.17. The maximum Gasteiger partial charge on any atom is 0.128 e. The standard InChI is InChI=1S/C9H7N3O2/c13-7-2-1-3-8(14)9(7)6-4-5-10-12-11-6/h1-5,13-14H. The minimum atomic E-state index is -0.0366. The molecule has 2 N–H and O–H groups in total. The van der Waals surface area contributed by atoms with Gasteiger partial charge < -0.3 is 10.2 Å². The first-order valence-electron chi connectivity index (χ1n) is 3.95. The Morgan fingerprint density at radius 2 is 1.71 bits per heavy atom. The van der Waals surface area contributed by atoms with Crippen molar-refractivity contribution in [1.29, 1.82) is 0 Å². The van der Waals surface area contributed by atoms with Gasteiger partial charge in [-0.2, -0.15) is 0 Å². The van der Waals surface area contributed by atoms with Crippen molar-refractivity contribution >= 4 is 0 Å². The zero-order valence-electron chi connectivity index (χ0n) is 7.12. The summed E-state index contributed by atoms with van der Waals surface area (Å²) in [5.74, 6) is -0.0731. The van der Waals surface area contributed by atoms with Crippen LogP contribution in [0.3, 0.4) is 0 Å². The molecule has 0 saturated heterocycles. The van der Waals surface area contributed by atoms with Gasteiger partial charge in [0.25, 0.3) is 0 Å². The van der Waals surface area contributed by atoms with Gasteiger partial charge in [-0.05, 0) is 23.4 Å². The van der Waals surface area contributed by atoms with Crippen molar-refractivity contribution in [3.05, 3.63) is 30.5 Å². The van der Waals surface area contributed by atoms with Crippen molar-refractivity contribution in [3.8, 4) is 22.8 Å². The lowest BCUT2D eigenvalue weighted by Gasteiger charge is -2.04. The average Bonchev–Trinajstić information content (AvgIpc) is 2.19. The molecule has 1 aromatic carbocycles. The third-order valence-corrected chi connectivity index (χ3v) is 1.78. The van der Waals surface area contributed by atoms with Gasteiger partial charge in [-0.3, -0.25) is 0 Å². The highest BCUT2D eigenvalue weighted by atomic mass is 16.3. The van der Waals surface area contributed by atoms with E-state index in [-0.39, 0.29) is 17.1 Å². The molecular weight excluding hydrogens is 182 g/mol. The third kappa shape index (κ3) is 1.35. The van der Waals surface area contributed by atoms with Crippen molar-refractivity contribution in [2.24, 2.45) is 0 Å². The minimum Gasteiger partial charge on any atom is -0.507 e. The van der Waals surface area contributed by atoms with E-state index >= 15 is 0 Å². The Balaban J connectivity index is 2.63. The molecular formula is C9H7N3O2. The Morgan fingerprint density at radius 3 is 2.29 bits per heavy atom. The van der Waals surface area contributed by atoms with Crippen LogP contribution in [0.15, 0.2) is 30.5 Å². The van der Waals surface area contributed by atoms with Gasteiger partial charge in [-0.1, -0.05) is 6.07 Å². The number of rotatable bonds is 1. The van der Waals surface area contributed by atoms with Crippen LogP contribution in [0.25, 0.3) is 11.3 Å². The number of aromatic nitrogens is 3. The monoisotopic (exact) mass is 189 g/mol. The SMILES string of the molecule is Oc1cccc(O)c1-c1ccnnn1. The summed E-state index contributed by atoms with van der Waals surface area (Å²) in [6.45, 7) is 0. The maximum absolute atomic E-state index is 9.50. The van der Waals surface area contributed by atoms with Gasteiger partial charge in [0, 0.05) is 0 Å². The largest absolute Gasteiger partial charge is 0.507 e. The number of aromatic hydroxyl groups is 2. The van der Waals surface area contributed by atoms with E-state index in [4.69, 9.17) is 0 Å². The summed E-state index contributed by atoms with van der Waals surface area (Å²) < 4.78 is 0. The molecule has 2 rings (SSSR count). The molecule has 0 atom stereocenters. The average molecular weight is 189 g/mol. The van der Waals surface area contributed by atoms with Crippen LogP contribution in [0, 0.1) is 0 Å². The van der Waals surface area contributed by atoms with Gasteiger partial charge in [-0.15, -0.1) is 10.2 Å². The molecule has 14 heavy (non-hydrogen) atoms. The highest BCUT2D eigenvalue weighted by Gasteiger charge is 2.10. The first kappa shape index (κ1) is 8.43. The summed E-state index contributed by atoms with van der Waals surface area (Å²) in [5, 5.41) is 29.6. The van der Waals surface area contributed by atoms with Crippen molar-refractivity contribution in [3.63, 3.8) is 0 Å². The second-order valence-electron chi connectivity index (χ2n) is 2.68. The Morgan fingerprint density at radius 1 is 1.00 bits per heavy atom. The van der Waals surface area contributed by atoms with E-state index in [2.05, 4.69) is 15.4 Å². The van der Waals surface area contributed by atoms with E-state index in [0.717, 1.165) is 0 Å². The molecule has 5 nitrogen and oxygen atoms in total. The zero-order valence-corrected chi connectivity index (χ0v) is 7.12. The van der Waals surface area contributed by atoms with Crippen LogP contribution in [0.5, 0.6) is 11.5 Å². The predicted molar refractivity (Wildman–Crippen MR) is 48.6 cm³/mol. The molecule has 0 radical (unpaired) electrons. The summed E-state index contributed by atoms with van der Waals surface area (Å²) >= 11 is 0. The number of hydrogen-bond donors (Lipinski definition) is 2. The van der Waals surface area contributed by atoms with E-state index in [1.165, 1.54) is 18.3 Å². The molecule has 1 aromatic heterocycles. The fourth-order valence-electron chi connectivity index (χ4n) is 1.17. The predicted octanol–water partition coefficient (Wildman–Crippen LogP) is 0.950. The highest BCUT2D eigenvalue weighted by Crippen LogP contribution is 2.34. The molecule has 0 amide bonds. The van der Waals surface area contributed by atoms with Gasteiger partial charge in [0.05, 0.1) is 11.8 Å². The molecule has 0 aliphatic carbocycles. The van der Waals surface area contributed by atoms with Crippen LogP contribution in [-0.4, -0.2) is 25.6 Å². The summed E-state index contributed by atoms with van der Waals surface area (Å²) in [7, 11) is 0. The molecule has 0 aliphatic heterocycles. The lowest BCUT2D eigenvalue weighted by atomic mass is 10.1. The summed E-state index contributed by atoms with van der Waals surface area (Å²) in [6, 6.07) is 6.04. The van der Waals surface area contributed by atoms with Gasteiger partial charge in [-0.25, -0.2) is 0 Å². The first-order chi connectivity index (χ1) is 6.79. The molecule has 5 heteroatoms. The molecule has 0 saturated carbocycles. The quantitative estimate of drug-likeness (QED) is 0.698. The lowest BCUT2D eigenvalue weighted by Crippen LogP contribution is -1.89.